The zero-order chi connectivity index (χ0) is 21.9. The second-order valence-electron chi connectivity index (χ2n) is 8.88. The summed E-state index contributed by atoms with van der Waals surface area (Å²) in [7, 11) is 1.44. The Labute approximate surface area is 178 Å². The van der Waals surface area contributed by atoms with Crippen LogP contribution < -0.4 is 10.4 Å². The third-order valence-electron chi connectivity index (χ3n) is 6.84. The van der Waals surface area contributed by atoms with Gasteiger partial charge in [0.2, 0.25) is 0 Å². The number of allylic oxidation sites excluding steroid dienone is 2. The number of carbonyl (C=O) groups is 1. The fraction of sp³-hybridized carbons (Fsp3) is 0.520. The first kappa shape index (κ1) is 22.1. The van der Waals surface area contributed by atoms with Gasteiger partial charge >= 0.3 is 11.6 Å². The molecule has 0 saturated heterocycles. The molecule has 0 bridgehead atoms. The number of ether oxygens (including phenoxy) is 2. The summed E-state index contributed by atoms with van der Waals surface area (Å²) < 4.78 is 16.4. The predicted molar refractivity (Wildman–Crippen MR) is 118 cm³/mol. The van der Waals surface area contributed by atoms with Gasteiger partial charge in [0.05, 0.1) is 13.7 Å². The largest absolute Gasteiger partial charge is 0.493 e. The Bertz CT molecular complexity index is 998. The molecule has 1 fully saturated rings. The van der Waals surface area contributed by atoms with Gasteiger partial charge in [-0.25, -0.2) is 4.79 Å². The van der Waals surface area contributed by atoms with Crippen LogP contribution in [0.25, 0.3) is 11.0 Å². The molecule has 0 aliphatic heterocycles. The number of benzene rings is 1. The molecular formula is C25H32O5. The van der Waals surface area contributed by atoms with Crippen molar-refractivity contribution in [3.63, 3.8) is 0 Å². The fourth-order valence-corrected chi connectivity index (χ4v) is 4.70. The molecule has 30 heavy (non-hydrogen) atoms. The van der Waals surface area contributed by atoms with Crippen LogP contribution in [0.4, 0.5) is 0 Å². The minimum Gasteiger partial charge on any atom is -0.493 e. The molecule has 1 aliphatic rings. The van der Waals surface area contributed by atoms with Gasteiger partial charge in [0.25, 0.3) is 0 Å². The van der Waals surface area contributed by atoms with E-state index in [1.807, 2.05) is 12.1 Å². The van der Waals surface area contributed by atoms with E-state index in [0.29, 0.717) is 30.3 Å². The van der Waals surface area contributed by atoms with E-state index in [4.69, 9.17) is 13.9 Å². The highest BCUT2D eigenvalue weighted by Crippen LogP contribution is 2.51. The molecule has 2 aromatic rings. The Morgan fingerprint density at radius 3 is 2.67 bits per heavy atom. The standard InChI is InChI=1S/C25H32O5/c1-16(2)20-10-6-17(3)25(4,21(20)11-13-23(26)28-5)15-29-19-9-7-18-8-12-24(27)30-22(18)14-19/h7-9,12,14,17,21H,6,10-11,13,15H2,1-5H3/t17-,21-,25-/m0/s1. The van der Waals surface area contributed by atoms with Crippen molar-refractivity contribution < 1.29 is 18.7 Å². The molecule has 162 valence electrons. The van der Waals surface area contributed by atoms with Crippen LogP contribution in [0, 0.1) is 17.3 Å². The van der Waals surface area contributed by atoms with Crippen molar-refractivity contribution >= 4 is 16.9 Å². The normalized spacial score (nSPS) is 24.0. The first-order valence-corrected chi connectivity index (χ1v) is 10.6. The maximum absolute atomic E-state index is 11.8. The Balaban J connectivity index is 1.86. The summed E-state index contributed by atoms with van der Waals surface area (Å²) in [6, 6.07) is 8.75. The lowest BCUT2D eigenvalue weighted by Gasteiger charge is -2.48. The maximum atomic E-state index is 11.8. The average Bonchev–Trinajstić information content (AvgIpc) is 2.72. The van der Waals surface area contributed by atoms with Gasteiger partial charge in [-0.05, 0) is 63.1 Å². The highest BCUT2D eigenvalue weighted by molar-refractivity contribution is 5.77. The monoisotopic (exact) mass is 412 g/mol. The first-order chi connectivity index (χ1) is 14.2. The molecule has 0 amide bonds. The van der Waals surface area contributed by atoms with Gasteiger partial charge in [-0.3, -0.25) is 4.79 Å². The molecule has 5 heteroatoms. The lowest BCUT2D eigenvalue weighted by Crippen LogP contribution is -2.44. The van der Waals surface area contributed by atoms with Crippen molar-refractivity contribution in [3.8, 4) is 5.75 Å². The molecular weight excluding hydrogens is 380 g/mol. The SMILES string of the molecule is COC(=O)CC[C@H]1C(=C(C)C)CC[C@H](C)[C@]1(C)COc1ccc2ccc(=O)oc2c1. The Morgan fingerprint density at radius 1 is 1.23 bits per heavy atom. The van der Waals surface area contributed by atoms with E-state index < -0.39 is 0 Å². The molecule has 1 heterocycles. The molecule has 0 unspecified atom stereocenters. The van der Waals surface area contributed by atoms with Crippen LogP contribution in [0.3, 0.4) is 0 Å². The number of rotatable bonds is 6. The minimum absolute atomic E-state index is 0.120. The molecule has 0 spiro atoms. The second-order valence-corrected chi connectivity index (χ2v) is 8.88. The van der Waals surface area contributed by atoms with Gasteiger partial charge in [0.15, 0.2) is 0 Å². The molecule has 1 aromatic heterocycles. The van der Waals surface area contributed by atoms with Gasteiger partial charge in [-0.1, -0.05) is 25.0 Å². The predicted octanol–water partition coefficient (Wildman–Crippen LogP) is 5.51. The molecule has 1 aliphatic carbocycles. The molecule has 1 saturated carbocycles. The summed E-state index contributed by atoms with van der Waals surface area (Å²) in [5, 5.41) is 0.863. The number of hydrogen-bond acceptors (Lipinski definition) is 5. The highest BCUT2D eigenvalue weighted by Gasteiger charge is 2.45. The third-order valence-corrected chi connectivity index (χ3v) is 6.84. The van der Waals surface area contributed by atoms with Gasteiger partial charge in [0, 0.05) is 29.4 Å². The van der Waals surface area contributed by atoms with E-state index in [1.165, 1.54) is 24.3 Å². The van der Waals surface area contributed by atoms with Crippen molar-refractivity contribution in [3.05, 3.63) is 51.9 Å². The van der Waals surface area contributed by atoms with Crippen LogP contribution in [0.5, 0.6) is 5.75 Å². The van der Waals surface area contributed by atoms with Crippen LogP contribution in [-0.2, 0) is 9.53 Å². The summed E-state index contributed by atoms with van der Waals surface area (Å²) in [6.07, 6.45) is 3.32. The molecule has 0 N–H and O–H groups in total. The van der Waals surface area contributed by atoms with Crippen LogP contribution in [0.1, 0.15) is 53.4 Å². The summed E-state index contributed by atoms with van der Waals surface area (Å²) in [6.45, 7) is 9.38. The second kappa shape index (κ2) is 9.07. The van der Waals surface area contributed by atoms with Crippen LogP contribution >= 0.6 is 0 Å². The summed E-state index contributed by atoms with van der Waals surface area (Å²) in [5.74, 6) is 1.21. The summed E-state index contributed by atoms with van der Waals surface area (Å²) in [5.41, 5.74) is 2.80. The zero-order valence-electron chi connectivity index (χ0n) is 18.6. The molecule has 3 atom stereocenters. The topological polar surface area (TPSA) is 65.7 Å². The van der Waals surface area contributed by atoms with Crippen molar-refractivity contribution in [2.75, 3.05) is 13.7 Å². The molecule has 1 aromatic carbocycles. The maximum Gasteiger partial charge on any atom is 0.336 e. The lowest BCUT2D eigenvalue weighted by molar-refractivity contribution is -0.141. The van der Waals surface area contributed by atoms with E-state index in [9.17, 15) is 9.59 Å². The van der Waals surface area contributed by atoms with Crippen molar-refractivity contribution in [1.82, 2.24) is 0 Å². The van der Waals surface area contributed by atoms with E-state index >= 15 is 0 Å². The number of hydrogen-bond donors (Lipinski definition) is 0. The van der Waals surface area contributed by atoms with Gasteiger partial charge in [-0.2, -0.15) is 0 Å². The number of methoxy groups -OCH3 is 1. The Morgan fingerprint density at radius 2 is 1.97 bits per heavy atom. The van der Waals surface area contributed by atoms with Gasteiger partial charge in [-0.15, -0.1) is 0 Å². The Hall–Kier alpha value is -2.56. The van der Waals surface area contributed by atoms with Crippen molar-refractivity contribution in [2.45, 2.75) is 53.4 Å². The van der Waals surface area contributed by atoms with Crippen LogP contribution in [0.2, 0.25) is 0 Å². The van der Waals surface area contributed by atoms with E-state index in [-0.39, 0.29) is 22.9 Å². The number of esters is 1. The van der Waals surface area contributed by atoms with Crippen LogP contribution in [-0.4, -0.2) is 19.7 Å². The van der Waals surface area contributed by atoms with Gasteiger partial charge in [0.1, 0.15) is 11.3 Å². The van der Waals surface area contributed by atoms with Crippen molar-refractivity contribution in [2.24, 2.45) is 17.3 Å². The number of carbonyl (C=O) groups excluding carboxylic acids is 1. The highest BCUT2D eigenvalue weighted by atomic mass is 16.5. The summed E-state index contributed by atoms with van der Waals surface area (Å²) >= 11 is 0. The fourth-order valence-electron chi connectivity index (χ4n) is 4.70. The van der Waals surface area contributed by atoms with E-state index in [2.05, 4.69) is 27.7 Å². The van der Waals surface area contributed by atoms with Crippen LogP contribution in [0.15, 0.2) is 50.7 Å². The first-order valence-electron chi connectivity index (χ1n) is 10.6. The summed E-state index contributed by atoms with van der Waals surface area (Å²) in [4.78, 5) is 23.4. The van der Waals surface area contributed by atoms with Crippen molar-refractivity contribution in [1.29, 1.82) is 0 Å². The Kier molecular flexibility index (Phi) is 6.69. The average molecular weight is 413 g/mol. The van der Waals surface area contributed by atoms with E-state index in [0.717, 1.165) is 24.6 Å². The molecule has 5 nitrogen and oxygen atoms in total. The smallest absolute Gasteiger partial charge is 0.336 e. The quantitative estimate of drug-likeness (QED) is 0.355. The molecule has 3 rings (SSSR count). The zero-order valence-corrected chi connectivity index (χ0v) is 18.6. The van der Waals surface area contributed by atoms with Gasteiger partial charge < -0.3 is 13.9 Å². The minimum atomic E-state index is -0.372. The third kappa shape index (κ3) is 4.61. The molecule has 0 radical (unpaired) electrons. The van der Waals surface area contributed by atoms with E-state index in [1.54, 1.807) is 12.1 Å². The lowest BCUT2D eigenvalue weighted by atomic mass is 9.58. The number of fused-ring (bicyclic) bond motifs is 1.